The molecule has 0 bridgehead atoms. The van der Waals surface area contributed by atoms with Crippen LogP contribution in [-0.4, -0.2) is 15.7 Å². The van der Waals surface area contributed by atoms with Gasteiger partial charge in [-0.15, -0.1) is 0 Å². The van der Waals surface area contributed by atoms with Gasteiger partial charge in [-0.25, -0.2) is 0 Å². The van der Waals surface area contributed by atoms with Crippen molar-refractivity contribution in [1.29, 1.82) is 0 Å². The zero-order valence-electron chi connectivity index (χ0n) is 17.8. The molecule has 0 aliphatic carbocycles. The van der Waals surface area contributed by atoms with E-state index in [0.717, 1.165) is 40.2 Å². The first kappa shape index (κ1) is 20.6. The predicted molar refractivity (Wildman–Crippen MR) is 115 cm³/mol. The zero-order chi connectivity index (χ0) is 21.0. The second-order valence-electron chi connectivity index (χ2n) is 7.40. The van der Waals surface area contributed by atoms with Crippen molar-refractivity contribution >= 4 is 5.91 Å². The van der Waals surface area contributed by atoms with Crippen molar-refractivity contribution in [2.45, 2.75) is 53.8 Å². The number of carbonyl (C=O) groups is 1. The summed E-state index contributed by atoms with van der Waals surface area (Å²) in [4.78, 5) is 12.6. The molecule has 29 heavy (non-hydrogen) atoms. The van der Waals surface area contributed by atoms with Gasteiger partial charge < -0.3 is 10.1 Å². The molecule has 152 valence electrons. The summed E-state index contributed by atoms with van der Waals surface area (Å²) in [5.74, 6) is 0.828. The van der Waals surface area contributed by atoms with Crippen LogP contribution in [0.2, 0.25) is 0 Å². The maximum absolute atomic E-state index is 12.6. The van der Waals surface area contributed by atoms with Crippen LogP contribution in [0.4, 0.5) is 0 Å². The van der Waals surface area contributed by atoms with E-state index < -0.39 is 0 Å². The number of hydrogen-bond acceptors (Lipinski definition) is 3. The monoisotopic (exact) mass is 391 g/mol. The van der Waals surface area contributed by atoms with Gasteiger partial charge >= 0.3 is 0 Å². The van der Waals surface area contributed by atoms with Gasteiger partial charge in [0.2, 0.25) is 0 Å². The number of nitrogens with one attached hydrogen (secondary N) is 1. The minimum atomic E-state index is -0.102. The molecular weight excluding hydrogens is 362 g/mol. The Morgan fingerprint density at radius 1 is 1.10 bits per heavy atom. The molecule has 1 N–H and O–H groups in total. The summed E-state index contributed by atoms with van der Waals surface area (Å²) in [6, 6.07) is 13.6. The van der Waals surface area contributed by atoms with Gasteiger partial charge in [0.25, 0.3) is 5.91 Å². The van der Waals surface area contributed by atoms with E-state index in [2.05, 4.69) is 17.3 Å². The van der Waals surface area contributed by atoms with Crippen molar-refractivity contribution in [1.82, 2.24) is 15.1 Å². The topological polar surface area (TPSA) is 56.2 Å². The Balaban J connectivity index is 1.62. The van der Waals surface area contributed by atoms with Gasteiger partial charge in [-0.05, 0) is 63.4 Å². The van der Waals surface area contributed by atoms with Crippen molar-refractivity contribution in [2.75, 3.05) is 0 Å². The fourth-order valence-electron chi connectivity index (χ4n) is 3.50. The highest BCUT2D eigenvalue weighted by Crippen LogP contribution is 2.23. The molecule has 5 nitrogen and oxygen atoms in total. The summed E-state index contributed by atoms with van der Waals surface area (Å²) < 4.78 is 7.93. The third kappa shape index (κ3) is 4.67. The highest BCUT2D eigenvalue weighted by molar-refractivity contribution is 5.94. The molecule has 1 heterocycles. The lowest BCUT2D eigenvalue weighted by molar-refractivity contribution is 0.0939. The van der Waals surface area contributed by atoms with Gasteiger partial charge in [-0.1, -0.05) is 30.3 Å². The Bertz CT molecular complexity index is 970. The van der Waals surface area contributed by atoms with Gasteiger partial charge in [0.05, 0.1) is 12.2 Å². The van der Waals surface area contributed by atoms with Crippen LogP contribution in [0.15, 0.2) is 48.7 Å². The molecule has 1 aromatic heterocycles. The highest BCUT2D eigenvalue weighted by atomic mass is 16.5. The van der Waals surface area contributed by atoms with Crippen LogP contribution in [0.5, 0.6) is 5.75 Å². The van der Waals surface area contributed by atoms with E-state index in [9.17, 15) is 4.79 Å². The molecule has 0 spiro atoms. The number of aryl methyl sites for hydroxylation is 3. The van der Waals surface area contributed by atoms with Crippen LogP contribution in [0.1, 0.15) is 58.2 Å². The molecule has 0 fully saturated rings. The van der Waals surface area contributed by atoms with Crippen molar-refractivity contribution in [3.8, 4) is 5.75 Å². The van der Waals surface area contributed by atoms with E-state index in [1.54, 1.807) is 0 Å². The fraction of sp³-hybridized carbons (Fsp3) is 0.333. The number of hydrogen-bond donors (Lipinski definition) is 1. The molecule has 1 atom stereocenters. The Labute approximate surface area is 172 Å². The third-order valence-electron chi connectivity index (χ3n) is 5.26. The summed E-state index contributed by atoms with van der Waals surface area (Å²) in [6.07, 6.45) is 1.83. The Morgan fingerprint density at radius 2 is 1.76 bits per heavy atom. The summed E-state index contributed by atoms with van der Waals surface area (Å²) in [6.45, 7) is 11.4. The van der Waals surface area contributed by atoms with Crippen molar-refractivity contribution < 1.29 is 9.53 Å². The first-order valence-electron chi connectivity index (χ1n) is 10.0. The summed E-state index contributed by atoms with van der Waals surface area (Å²) in [5, 5.41) is 7.42. The Hall–Kier alpha value is -3.08. The molecule has 1 unspecified atom stereocenters. The normalized spacial score (nSPS) is 11.9. The predicted octanol–water partition coefficient (Wildman–Crippen LogP) is 4.90. The molecule has 1 amide bonds. The maximum atomic E-state index is 12.6. The number of ether oxygens (including phenoxy) is 1. The molecule has 3 rings (SSSR count). The van der Waals surface area contributed by atoms with E-state index in [1.807, 2.05) is 81.0 Å². The van der Waals surface area contributed by atoms with Gasteiger partial charge in [-0.2, -0.15) is 5.10 Å². The molecule has 5 heteroatoms. The van der Waals surface area contributed by atoms with Crippen molar-refractivity contribution in [3.05, 3.63) is 82.2 Å². The van der Waals surface area contributed by atoms with Crippen LogP contribution in [-0.2, 0) is 13.2 Å². The maximum Gasteiger partial charge on any atom is 0.251 e. The van der Waals surface area contributed by atoms with Crippen LogP contribution < -0.4 is 10.1 Å². The summed E-state index contributed by atoms with van der Waals surface area (Å²) in [5.41, 5.74) is 6.02. The molecular formula is C24H29N3O2. The van der Waals surface area contributed by atoms with Crippen molar-refractivity contribution in [3.63, 3.8) is 0 Å². The minimum absolute atomic E-state index is 0.0941. The van der Waals surface area contributed by atoms with Crippen LogP contribution in [0, 0.1) is 20.8 Å². The fourth-order valence-corrected chi connectivity index (χ4v) is 3.50. The first-order valence-corrected chi connectivity index (χ1v) is 10.0. The number of carbonyl (C=O) groups excluding carboxylic acids is 1. The molecule has 0 saturated carbocycles. The average molecular weight is 392 g/mol. The van der Waals surface area contributed by atoms with Gasteiger partial charge in [0.15, 0.2) is 0 Å². The second-order valence-corrected chi connectivity index (χ2v) is 7.40. The van der Waals surface area contributed by atoms with Gasteiger partial charge in [0, 0.05) is 23.4 Å². The first-order chi connectivity index (χ1) is 13.9. The smallest absolute Gasteiger partial charge is 0.251 e. The van der Waals surface area contributed by atoms with E-state index in [-0.39, 0.29) is 11.9 Å². The van der Waals surface area contributed by atoms with Crippen LogP contribution in [0.25, 0.3) is 0 Å². The molecule has 0 aliphatic rings. The molecule has 2 aromatic carbocycles. The minimum Gasteiger partial charge on any atom is -0.488 e. The van der Waals surface area contributed by atoms with E-state index in [0.29, 0.717) is 12.2 Å². The summed E-state index contributed by atoms with van der Waals surface area (Å²) in [7, 11) is 0. The number of amides is 1. The number of aromatic nitrogens is 2. The molecule has 0 radical (unpaired) electrons. The zero-order valence-corrected chi connectivity index (χ0v) is 17.8. The summed E-state index contributed by atoms with van der Waals surface area (Å²) >= 11 is 0. The number of para-hydroxylation sites is 1. The third-order valence-corrected chi connectivity index (χ3v) is 5.26. The lowest BCUT2D eigenvalue weighted by Gasteiger charge is -2.15. The number of rotatable bonds is 7. The number of benzene rings is 2. The van der Waals surface area contributed by atoms with Gasteiger partial charge in [0.1, 0.15) is 12.4 Å². The lowest BCUT2D eigenvalue weighted by atomic mass is 10.1. The Kier molecular flexibility index (Phi) is 6.37. The van der Waals surface area contributed by atoms with Crippen molar-refractivity contribution in [2.24, 2.45) is 0 Å². The van der Waals surface area contributed by atoms with E-state index >= 15 is 0 Å². The average Bonchev–Trinajstić information content (AvgIpc) is 3.08. The quantitative estimate of drug-likeness (QED) is 0.623. The van der Waals surface area contributed by atoms with Crippen LogP contribution in [0.3, 0.4) is 0 Å². The second kappa shape index (κ2) is 8.95. The molecule has 0 aliphatic heterocycles. The highest BCUT2D eigenvalue weighted by Gasteiger charge is 2.16. The SMILES string of the molecule is CCn1ncc(C(C)NC(=O)c2ccc(COc3c(C)cccc3C)cc2)c1C. The Morgan fingerprint density at radius 3 is 2.34 bits per heavy atom. The van der Waals surface area contributed by atoms with Crippen LogP contribution >= 0.6 is 0 Å². The molecule has 0 saturated heterocycles. The van der Waals surface area contributed by atoms with Gasteiger partial charge in [-0.3, -0.25) is 9.48 Å². The largest absolute Gasteiger partial charge is 0.488 e. The lowest BCUT2D eigenvalue weighted by Crippen LogP contribution is -2.27. The standard InChI is InChI=1S/C24H29N3O2/c1-6-27-19(5)22(14-25-27)18(4)26-24(28)21-12-10-20(11-13-21)15-29-23-16(2)8-7-9-17(23)3/h7-14,18H,6,15H2,1-5H3,(H,26,28). The number of nitrogens with zero attached hydrogens (tertiary/aromatic N) is 2. The van der Waals surface area contributed by atoms with E-state index in [1.165, 1.54) is 0 Å². The molecule has 3 aromatic rings. The van der Waals surface area contributed by atoms with E-state index in [4.69, 9.17) is 4.74 Å².